The molecule has 1 N–H and O–H groups in total. The van der Waals surface area contributed by atoms with Crippen molar-refractivity contribution in [3.63, 3.8) is 0 Å². The average Bonchev–Trinajstić information content (AvgIpc) is 3.11. The number of carbonyl (C=O) groups excluding carboxylic acids is 1. The zero-order chi connectivity index (χ0) is 18.1. The second-order valence-corrected chi connectivity index (χ2v) is 5.68. The maximum atomic E-state index is 13.0. The van der Waals surface area contributed by atoms with Crippen LogP contribution in [0.15, 0.2) is 55.4 Å². The molecule has 0 aliphatic heterocycles. The quantitative estimate of drug-likeness (QED) is 0.615. The smallest absolute Gasteiger partial charge is 0.260 e. The molecule has 0 fully saturated rings. The Balaban J connectivity index is 1.78. The number of nitrogens with one attached hydrogen (secondary N) is 1. The number of hydrogen-bond donors (Lipinski definition) is 1. The number of fused-ring (bicyclic) bond motifs is 1. The number of aryl methyl sites for hydroxylation is 1. The molecule has 26 heavy (non-hydrogen) atoms. The molecule has 4 aromatic rings. The van der Waals surface area contributed by atoms with Crippen molar-refractivity contribution in [1.82, 2.24) is 24.6 Å². The Morgan fingerprint density at radius 2 is 2.08 bits per heavy atom. The van der Waals surface area contributed by atoms with Gasteiger partial charge in [-0.2, -0.15) is 5.10 Å². The fourth-order valence-electron chi connectivity index (χ4n) is 2.64. The highest BCUT2D eigenvalue weighted by molar-refractivity contribution is 6.08. The molecule has 1 amide bonds. The number of pyridine rings is 3. The Kier molecular flexibility index (Phi) is 3.85. The van der Waals surface area contributed by atoms with Gasteiger partial charge in [-0.1, -0.05) is 0 Å². The Morgan fingerprint density at radius 1 is 1.19 bits per heavy atom. The molecule has 0 saturated carbocycles. The molecule has 0 aliphatic rings. The average molecular weight is 348 g/mol. The van der Waals surface area contributed by atoms with Crippen molar-refractivity contribution < 1.29 is 9.18 Å². The van der Waals surface area contributed by atoms with Crippen LogP contribution in [0.3, 0.4) is 0 Å². The van der Waals surface area contributed by atoms with E-state index in [-0.39, 0.29) is 5.82 Å². The number of carbonyl (C=O) groups is 1. The van der Waals surface area contributed by atoms with Gasteiger partial charge in [-0.05, 0) is 36.8 Å². The van der Waals surface area contributed by atoms with Gasteiger partial charge in [0.05, 0.1) is 11.8 Å². The summed E-state index contributed by atoms with van der Waals surface area (Å²) >= 11 is 0. The molecule has 0 unspecified atom stereocenters. The summed E-state index contributed by atoms with van der Waals surface area (Å²) in [6.45, 7) is 1.96. The summed E-state index contributed by atoms with van der Waals surface area (Å²) in [5, 5.41) is 6.78. The second-order valence-electron chi connectivity index (χ2n) is 5.68. The zero-order valence-corrected chi connectivity index (χ0v) is 13.7. The third-order valence-electron chi connectivity index (χ3n) is 3.94. The van der Waals surface area contributed by atoms with E-state index >= 15 is 0 Å². The number of aromatic nitrogens is 5. The van der Waals surface area contributed by atoms with Gasteiger partial charge in [-0.3, -0.25) is 9.78 Å². The van der Waals surface area contributed by atoms with Crippen molar-refractivity contribution >= 4 is 17.4 Å². The lowest BCUT2D eigenvalue weighted by molar-refractivity contribution is 0.102. The van der Waals surface area contributed by atoms with Crippen LogP contribution in [0.1, 0.15) is 15.9 Å². The van der Waals surface area contributed by atoms with E-state index < -0.39 is 11.7 Å². The lowest BCUT2D eigenvalue weighted by Crippen LogP contribution is -2.15. The maximum Gasteiger partial charge on any atom is 0.260 e. The molecule has 0 radical (unpaired) electrons. The van der Waals surface area contributed by atoms with E-state index in [1.165, 1.54) is 23.0 Å². The van der Waals surface area contributed by atoms with Gasteiger partial charge in [0.15, 0.2) is 5.65 Å². The number of anilines is 1. The molecular formula is C18H13FN6O. The molecule has 0 aliphatic carbocycles. The largest absolute Gasteiger partial charge is 0.306 e. The first-order valence-electron chi connectivity index (χ1n) is 7.79. The molecule has 0 aromatic carbocycles. The van der Waals surface area contributed by atoms with Crippen molar-refractivity contribution in [1.29, 1.82) is 0 Å². The third-order valence-corrected chi connectivity index (χ3v) is 3.94. The van der Waals surface area contributed by atoms with Gasteiger partial charge in [0, 0.05) is 29.7 Å². The minimum atomic E-state index is -0.475. The highest BCUT2D eigenvalue weighted by Crippen LogP contribution is 2.25. The molecule has 0 atom stereocenters. The standard InChI is InChI=1S/C18H13FN6O/c1-11-4-5-20-8-15(11)12-6-14(17-22-10-23-25(17)9-12)18(26)24-16-3-2-13(19)7-21-16/h2-10H,1H3,(H,21,24,26). The number of hydrogen-bond acceptors (Lipinski definition) is 5. The minimum absolute atomic E-state index is 0.247. The van der Waals surface area contributed by atoms with Crippen LogP contribution in [0.5, 0.6) is 0 Å². The van der Waals surface area contributed by atoms with E-state index in [0.29, 0.717) is 11.2 Å². The molecule has 4 rings (SSSR count). The second kappa shape index (κ2) is 6.32. The van der Waals surface area contributed by atoms with Gasteiger partial charge < -0.3 is 5.32 Å². The Hall–Kier alpha value is -3.68. The fraction of sp³-hybridized carbons (Fsp3) is 0.0556. The molecule has 0 saturated heterocycles. The number of halogens is 1. The van der Waals surface area contributed by atoms with E-state index in [1.54, 1.807) is 24.7 Å². The van der Waals surface area contributed by atoms with Crippen LogP contribution < -0.4 is 5.32 Å². The van der Waals surface area contributed by atoms with E-state index in [2.05, 4.69) is 25.4 Å². The van der Waals surface area contributed by atoms with E-state index in [4.69, 9.17) is 0 Å². The van der Waals surface area contributed by atoms with Crippen LogP contribution in [-0.4, -0.2) is 30.5 Å². The molecule has 4 heterocycles. The first-order chi connectivity index (χ1) is 12.6. The van der Waals surface area contributed by atoms with Crippen molar-refractivity contribution in [3.05, 3.63) is 72.3 Å². The number of rotatable bonds is 3. The normalized spacial score (nSPS) is 10.8. The Bertz CT molecular complexity index is 1110. The summed E-state index contributed by atoms with van der Waals surface area (Å²) in [6.07, 6.45) is 7.65. The first kappa shape index (κ1) is 15.8. The van der Waals surface area contributed by atoms with Crippen LogP contribution >= 0.6 is 0 Å². The molecule has 0 spiro atoms. The van der Waals surface area contributed by atoms with Gasteiger partial charge >= 0.3 is 0 Å². The monoisotopic (exact) mass is 348 g/mol. The van der Waals surface area contributed by atoms with Crippen LogP contribution in [0.4, 0.5) is 10.2 Å². The Labute approximate surface area is 147 Å². The van der Waals surface area contributed by atoms with Crippen LogP contribution in [0, 0.1) is 12.7 Å². The lowest BCUT2D eigenvalue weighted by atomic mass is 10.0. The summed E-state index contributed by atoms with van der Waals surface area (Å²) in [4.78, 5) is 24.9. The highest BCUT2D eigenvalue weighted by Gasteiger charge is 2.16. The molecule has 8 heteroatoms. The summed E-state index contributed by atoms with van der Waals surface area (Å²) in [6, 6.07) is 6.24. The summed E-state index contributed by atoms with van der Waals surface area (Å²) in [5.74, 6) is -0.639. The zero-order valence-electron chi connectivity index (χ0n) is 13.7. The molecule has 7 nitrogen and oxygen atoms in total. The molecule has 0 bridgehead atoms. The summed E-state index contributed by atoms with van der Waals surface area (Å²) in [7, 11) is 0. The van der Waals surface area contributed by atoms with Crippen molar-refractivity contribution in [2.24, 2.45) is 0 Å². The van der Waals surface area contributed by atoms with Gasteiger partial charge in [0.1, 0.15) is 18.0 Å². The molecule has 4 aromatic heterocycles. The number of nitrogens with zero attached hydrogens (tertiary/aromatic N) is 5. The number of amides is 1. The highest BCUT2D eigenvalue weighted by atomic mass is 19.1. The van der Waals surface area contributed by atoms with Gasteiger partial charge in [-0.25, -0.2) is 18.9 Å². The van der Waals surface area contributed by atoms with E-state index in [9.17, 15) is 9.18 Å². The van der Waals surface area contributed by atoms with Gasteiger partial charge in [0.25, 0.3) is 5.91 Å². The Morgan fingerprint density at radius 3 is 2.85 bits per heavy atom. The molecular weight excluding hydrogens is 335 g/mol. The summed E-state index contributed by atoms with van der Waals surface area (Å²) < 4.78 is 14.5. The summed E-state index contributed by atoms with van der Waals surface area (Å²) in [5.41, 5.74) is 3.43. The topological polar surface area (TPSA) is 85.1 Å². The van der Waals surface area contributed by atoms with E-state index in [1.807, 2.05) is 13.0 Å². The van der Waals surface area contributed by atoms with E-state index in [0.717, 1.165) is 22.9 Å². The lowest BCUT2D eigenvalue weighted by Gasteiger charge is -2.10. The van der Waals surface area contributed by atoms with Crippen molar-refractivity contribution in [2.45, 2.75) is 6.92 Å². The van der Waals surface area contributed by atoms with Crippen LogP contribution in [0.2, 0.25) is 0 Å². The van der Waals surface area contributed by atoms with Crippen LogP contribution in [-0.2, 0) is 0 Å². The molecule has 128 valence electrons. The van der Waals surface area contributed by atoms with Gasteiger partial charge in [0.2, 0.25) is 0 Å². The maximum absolute atomic E-state index is 13.0. The van der Waals surface area contributed by atoms with Crippen molar-refractivity contribution in [2.75, 3.05) is 5.32 Å². The fourth-order valence-corrected chi connectivity index (χ4v) is 2.64. The predicted octanol–water partition coefficient (Wildman–Crippen LogP) is 2.89. The first-order valence-corrected chi connectivity index (χ1v) is 7.79. The SMILES string of the molecule is Cc1ccncc1-c1cc(C(=O)Nc2ccc(F)cn2)c2ncnn2c1. The van der Waals surface area contributed by atoms with Crippen LogP contribution in [0.25, 0.3) is 16.8 Å². The third kappa shape index (κ3) is 2.88. The predicted molar refractivity (Wildman–Crippen MR) is 93.1 cm³/mol. The van der Waals surface area contributed by atoms with Crippen molar-refractivity contribution in [3.8, 4) is 11.1 Å². The van der Waals surface area contributed by atoms with Gasteiger partial charge in [-0.15, -0.1) is 0 Å². The minimum Gasteiger partial charge on any atom is -0.306 e.